The molecule has 4 nitrogen and oxygen atoms in total. The van der Waals surface area contributed by atoms with Gasteiger partial charge >= 0.3 is 18.1 Å². The van der Waals surface area contributed by atoms with Crippen LogP contribution in [0.1, 0.15) is 25.0 Å². The standard InChI is InChI=1S/C14H9Cl2F3O4/c1-13(2)22-11(20)7(12(21)23-13)5-6-9(15)4-3-8(10(6)16)14(17,18)19/h3-5H,1-2H3. The van der Waals surface area contributed by atoms with Gasteiger partial charge < -0.3 is 9.47 Å². The number of alkyl halides is 3. The fraction of sp³-hybridized carbons (Fsp3) is 0.286. The van der Waals surface area contributed by atoms with E-state index in [0.29, 0.717) is 6.07 Å². The Kier molecular flexibility index (Phi) is 4.38. The number of hydrogen-bond acceptors (Lipinski definition) is 4. The molecule has 1 aromatic carbocycles. The van der Waals surface area contributed by atoms with Crippen molar-refractivity contribution in [2.45, 2.75) is 25.8 Å². The van der Waals surface area contributed by atoms with E-state index in [-0.39, 0.29) is 10.6 Å². The van der Waals surface area contributed by atoms with E-state index in [1.54, 1.807) is 0 Å². The Morgan fingerprint density at radius 2 is 1.61 bits per heavy atom. The smallest absolute Gasteiger partial charge is 0.417 e. The molecule has 9 heteroatoms. The molecule has 1 fully saturated rings. The topological polar surface area (TPSA) is 52.6 Å². The molecule has 1 saturated heterocycles. The van der Waals surface area contributed by atoms with Crippen LogP contribution in [0.15, 0.2) is 17.7 Å². The summed E-state index contributed by atoms with van der Waals surface area (Å²) in [6, 6.07) is 1.67. The lowest BCUT2D eigenvalue weighted by Crippen LogP contribution is -2.41. The van der Waals surface area contributed by atoms with Crippen molar-refractivity contribution in [1.29, 1.82) is 0 Å². The Hall–Kier alpha value is -1.73. The SMILES string of the molecule is CC1(C)OC(=O)C(=Cc2c(Cl)ccc(C(F)(F)F)c2Cl)C(=O)O1. The number of carbonyl (C=O) groups is 2. The van der Waals surface area contributed by atoms with Crippen molar-refractivity contribution in [3.8, 4) is 0 Å². The summed E-state index contributed by atoms with van der Waals surface area (Å²) in [5, 5.41) is -0.899. The van der Waals surface area contributed by atoms with Gasteiger partial charge in [0.05, 0.1) is 10.6 Å². The molecule has 0 amide bonds. The molecule has 1 aromatic rings. The molecule has 1 aliphatic rings. The van der Waals surface area contributed by atoms with Crippen molar-refractivity contribution in [3.05, 3.63) is 38.9 Å². The van der Waals surface area contributed by atoms with Crippen LogP contribution in [0, 0.1) is 0 Å². The molecular weight excluding hydrogens is 360 g/mol. The van der Waals surface area contributed by atoms with Gasteiger partial charge in [-0.3, -0.25) is 0 Å². The van der Waals surface area contributed by atoms with Crippen molar-refractivity contribution in [2.24, 2.45) is 0 Å². The minimum Gasteiger partial charge on any atom is -0.419 e. The zero-order valence-electron chi connectivity index (χ0n) is 11.8. The highest BCUT2D eigenvalue weighted by Gasteiger charge is 2.40. The predicted octanol–water partition coefficient (Wildman–Crippen LogP) is 4.23. The number of esters is 2. The van der Waals surface area contributed by atoms with Gasteiger partial charge in [0.1, 0.15) is 5.57 Å². The fourth-order valence-corrected chi connectivity index (χ4v) is 2.43. The molecular formula is C14H9Cl2F3O4. The largest absolute Gasteiger partial charge is 0.419 e. The molecule has 0 saturated carbocycles. The van der Waals surface area contributed by atoms with Crippen molar-refractivity contribution >= 4 is 41.2 Å². The van der Waals surface area contributed by atoms with Crippen molar-refractivity contribution in [2.75, 3.05) is 0 Å². The van der Waals surface area contributed by atoms with E-state index >= 15 is 0 Å². The van der Waals surface area contributed by atoms with Gasteiger partial charge in [0.2, 0.25) is 0 Å². The van der Waals surface area contributed by atoms with Crippen LogP contribution in [-0.2, 0) is 25.2 Å². The molecule has 0 N–H and O–H groups in total. The number of cyclic esters (lactones) is 2. The highest BCUT2D eigenvalue weighted by Crippen LogP contribution is 2.40. The number of halogens is 5. The number of hydrogen-bond donors (Lipinski definition) is 0. The van der Waals surface area contributed by atoms with Gasteiger partial charge in [-0.15, -0.1) is 0 Å². The van der Waals surface area contributed by atoms with Gasteiger partial charge in [0.15, 0.2) is 0 Å². The number of rotatable bonds is 1. The average Bonchev–Trinajstić information content (AvgIpc) is 2.33. The highest BCUT2D eigenvalue weighted by atomic mass is 35.5. The molecule has 124 valence electrons. The maximum absolute atomic E-state index is 12.9. The van der Waals surface area contributed by atoms with Crippen LogP contribution >= 0.6 is 23.2 Å². The molecule has 0 unspecified atom stereocenters. The molecule has 2 rings (SSSR count). The fourth-order valence-electron chi connectivity index (χ4n) is 1.84. The first-order valence-electron chi connectivity index (χ1n) is 6.16. The third-order valence-electron chi connectivity index (χ3n) is 2.84. The first-order valence-corrected chi connectivity index (χ1v) is 6.91. The second-order valence-electron chi connectivity index (χ2n) is 5.06. The van der Waals surface area contributed by atoms with E-state index in [1.165, 1.54) is 13.8 Å². The molecule has 0 bridgehead atoms. The molecule has 23 heavy (non-hydrogen) atoms. The Balaban J connectivity index is 2.55. The third-order valence-corrected chi connectivity index (χ3v) is 3.57. The lowest BCUT2D eigenvalue weighted by molar-refractivity contribution is -0.222. The van der Waals surface area contributed by atoms with Crippen LogP contribution in [0.2, 0.25) is 10.0 Å². The summed E-state index contributed by atoms with van der Waals surface area (Å²) in [6.45, 7) is 2.67. The quantitative estimate of drug-likeness (QED) is 0.422. The van der Waals surface area contributed by atoms with Gasteiger partial charge in [-0.25, -0.2) is 9.59 Å². The minimum atomic E-state index is -4.72. The Morgan fingerprint density at radius 3 is 2.09 bits per heavy atom. The Labute approximate surface area is 138 Å². The van der Waals surface area contributed by atoms with E-state index in [0.717, 1.165) is 12.1 Å². The average molecular weight is 369 g/mol. The van der Waals surface area contributed by atoms with E-state index in [9.17, 15) is 22.8 Å². The third kappa shape index (κ3) is 3.61. The van der Waals surface area contributed by atoms with E-state index in [2.05, 4.69) is 0 Å². The van der Waals surface area contributed by atoms with Crippen molar-refractivity contribution < 1.29 is 32.2 Å². The van der Waals surface area contributed by atoms with Crippen LogP contribution in [-0.4, -0.2) is 17.7 Å². The molecule has 0 atom stereocenters. The lowest BCUT2D eigenvalue weighted by Gasteiger charge is -2.29. The minimum absolute atomic E-state index is 0.166. The van der Waals surface area contributed by atoms with Crippen molar-refractivity contribution in [1.82, 2.24) is 0 Å². The van der Waals surface area contributed by atoms with Gasteiger partial charge in [-0.2, -0.15) is 13.2 Å². The molecule has 0 spiro atoms. The van der Waals surface area contributed by atoms with Crippen LogP contribution in [0.5, 0.6) is 0 Å². The zero-order valence-corrected chi connectivity index (χ0v) is 13.3. The maximum atomic E-state index is 12.9. The Bertz CT molecular complexity index is 701. The summed E-state index contributed by atoms with van der Waals surface area (Å²) < 4.78 is 48.3. The summed E-state index contributed by atoms with van der Waals surface area (Å²) in [6.07, 6.45) is -3.90. The van der Waals surface area contributed by atoms with E-state index in [4.69, 9.17) is 32.7 Å². The summed E-state index contributed by atoms with van der Waals surface area (Å²) in [4.78, 5) is 23.7. The van der Waals surface area contributed by atoms with Crippen LogP contribution in [0.4, 0.5) is 13.2 Å². The molecule has 1 heterocycles. The summed E-state index contributed by atoms with van der Waals surface area (Å²) >= 11 is 11.5. The second-order valence-corrected chi connectivity index (χ2v) is 5.84. The van der Waals surface area contributed by atoms with Crippen LogP contribution < -0.4 is 0 Å². The lowest BCUT2D eigenvalue weighted by atomic mass is 10.1. The van der Waals surface area contributed by atoms with Crippen LogP contribution in [0.3, 0.4) is 0 Å². The van der Waals surface area contributed by atoms with Gasteiger partial charge in [0.25, 0.3) is 5.79 Å². The Morgan fingerprint density at radius 1 is 1.09 bits per heavy atom. The van der Waals surface area contributed by atoms with Gasteiger partial charge in [-0.05, 0) is 18.2 Å². The first-order chi connectivity index (χ1) is 10.4. The zero-order chi connectivity index (χ0) is 17.6. The first kappa shape index (κ1) is 17.6. The predicted molar refractivity (Wildman–Crippen MR) is 75.7 cm³/mol. The molecule has 0 radical (unpaired) electrons. The van der Waals surface area contributed by atoms with Gasteiger partial charge in [0, 0.05) is 24.4 Å². The summed E-state index contributed by atoms with van der Waals surface area (Å²) in [5.74, 6) is -3.56. The number of ether oxygens (including phenoxy) is 2. The monoisotopic (exact) mass is 368 g/mol. The van der Waals surface area contributed by atoms with Crippen LogP contribution in [0.25, 0.3) is 6.08 Å². The molecule has 0 aromatic heterocycles. The van der Waals surface area contributed by atoms with Crippen molar-refractivity contribution in [3.63, 3.8) is 0 Å². The van der Waals surface area contributed by atoms with E-state index in [1.807, 2.05) is 0 Å². The normalized spacial score (nSPS) is 17.6. The summed E-state index contributed by atoms with van der Waals surface area (Å²) in [7, 11) is 0. The number of benzene rings is 1. The number of carbonyl (C=O) groups excluding carboxylic acids is 2. The van der Waals surface area contributed by atoms with E-state index < -0.39 is 40.1 Å². The molecule has 0 aliphatic carbocycles. The highest BCUT2D eigenvalue weighted by molar-refractivity contribution is 6.38. The maximum Gasteiger partial charge on any atom is 0.417 e. The second kappa shape index (κ2) is 5.72. The van der Waals surface area contributed by atoms with Gasteiger partial charge in [-0.1, -0.05) is 23.2 Å². The summed E-state index contributed by atoms with van der Waals surface area (Å²) in [5.41, 5.74) is -2.08. The molecule has 1 aliphatic heterocycles.